The SMILES string of the molecule is C=C(C)N(Cc1csc(N2CCOCC2)n1)c1ccc(F)cc1.CC. The van der Waals surface area contributed by atoms with Gasteiger partial charge < -0.3 is 14.5 Å². The summed E-state index contributed by atoms with van der Waals surface area (Å²) in [6, 6.07) is 6.45. The number of hydrogen-bond donors (Lipinski definition) is 0. The van der Waals surface area contributed by atoms with Gasteiger partial charge in [0, 0.05) is 29.9 Å². The average molecular weight is 364 g/mol. The molecule has 0 N–H and O–H groups in total. The number of thiazole rings is 1. The first kappa shape index (κ1) is 19.4. The molecular formula is C19H26FN3OS. The molecule has 4 nitrogen and oxygen atoms in total. The zero-order valence-corrected chi connectivity index (χ0v) is 16.0. The number of rotatable bonds is 5. The first-order chi connectivity index (χ1) is 12.1. The van der Waals surface area contributed by atoms with Crippen molar-refractivity contribution in [2.24, 2.45) is 0 Å². The van der Waals surface area contributed by atoms with E-state index in [1.165, 1.54) is 12.1 Å². The number of aromatic nitrogens is 1. The molecule has 0 spiro atoms. The predicted molar refractivity (Wildman–Crippen MR) is 104 cm³/mol. The zero-order valence-electron chi connectivity index (χ0n) is 15.2. The molecule has 1 aliphatic heterocycles. The minimum atomic E-state index is -0.237. The number of benzene rings is 1. The van der Waals surface area contributed by atoms with Crippen molar-refractivity contribution in [3.05, 3.63) is 53.4 Å². The number of allylic oxidation sites excluding steroid dienone is 1. The van der Waals surface area contributed by atoms with Crippen molar-refractivity contribution in [2.45, 2.75) is 27.3 Å². The monoisotopic (exact) mass is 363 g/mol. The van der Waals surface area contributed by atoms with E-state index in [0.717, 1.165) is 48.5 Å². The van der Waals surface area contributed by atoms with Gasteiger partial charge in [0.2, 0.25) is 0 Å². The smallest absolute Gasteiger partial charge is 0.185 e. The van der Waals surface area contributed by atoms with Crippen LogP contribution in [0.3, 0.4) is 0 Å². The summed E-state index contributed by atoms with van der Waals surface area (Å²) in [5.41, 5.74) is 2.81. The van der Waals surface area contributed by atoms with E-state index in [2.05, 4.69) is 16.9 Å². The molecule has 1 aromatic carbocycles. The number of halogens is 1. The lowest BCUT2D eigenvalue weighted by Gasteiger charge is -2.26. The third-order valence-corrected chi connectivity index (χ3v) is 4.69. The fraction of sp³-hybridized carbons (Fsp3) is 0.421. The van der Waals surface area contributed by atoms with Crippen LogP contribution in [0.2, 0.25) is 0 Å². The number of nitrogens with zero attached hydrogens (tertiary/aromatic N) is 3. The van der Waals surface area contributed by atoms with Crippen LogP contribution in [0.15, 0.2) is 41.9 Å². The molecule has 3 rings (SSSR count). The molecule has 2 aromatic rings. The predicted octanol–water partition coefficient (Wildman–Crippen LogP) is 4.69. The van der Waals surface area contributed by atoms with E-state index in [9.17, 15) is 4.39 Å². The van der Waals surface area contributed by atoms with Gasteiger partial charge in [-0.15, -0.1) is 11.3 Å². The van der Waals surface area contributed by atoms with E-state index in [4.69, 9.17) is 9.72 Å². The standard InChI is InChI=1S/C17H20FN3OS.C2H6/c1-13(2)21(16-5-3-14(18)4-6-16)11-15-12-23-17(19-15)20-7-9-22-10-8-20;1-2/h3-6,12H,1,7-11H2,2H3;1-2H3. The Morgan fingerprint density at radius 2 is 1.92 bits per heavy atom. The molecule has 0 radical (unpaired) electrons. The summed E-state index contributed by atoms with van der Waals surface area (Å²) >= 11 is 1.65. The Labute approximate surface area is 153 Å². The van der Waals surface area contributed by atoms with Gasteiger partial charge in [0.05, 0.1) is 25.5 Å². The van der Waals surface area contributed by atoms with Gasteiger partial charge in [-0.1, -0.05) is 20.4 Å². The fourth-order valence-corrected chi connectivity index (χ4v) is 3.37. The number of anilines is 2. The summed E-state index contributed by atoms with van der Waals surface area (Å²) in [7, 11) is 0. The molecule has 0 aliphatic carbocycles. The van der Waals surface area contributed by atoms with E-state index in [-0.39, 0.29) is 5.82 Å². The largest absolute Gasteiger partial charge is 0.378 e. The minimum Gasteiger partial charge on any atom is -0.378 e. The van der Waals surface area contributed by atoms with Gasteiger partial charge in [-0.3, -0.25) is 0 Å². The maximum Gasteiger partial charge on any atom is 0.185 e. The molecule has 1 aromatic heterocycles. The molecule has 0 bridgehead atoms. The summed E-state index contributed by atoms with van der Waals surface area (Å²) in [4.78, 5) is 9.02. The van der Waals surface area contributed by atoms with Gasteiger partial charge in [0.25, 0.3) is 0 Å². The summed E-state index contributed by atoms with van der Waals surface area (Å²) in [6.45, 7) is 13.9. The highest BCUT2D eigenvalue weighted by Gasteiger charge is 2.16. The third-order valence-electron chi connectivity index (χ3n) is 3.74. The molecule has 136 valence electrons. The Morgan fingerprint density at radius 3 is 2.52 bits per heavy atom. The molecule has 1 fully saturated rings. The van der Waals surface area contributed by atoms with Crippen LogP contribution in [-0.2, 0) is 11.3 Å². The van der Waals surface area contributed by atoms with Crippen LogP contribution in [0.25, 0.3) is 0 Å². The molecule has 0 atom stereocenters. The number of morpholine rings is 1. The molecule has 0 saturated carbocycles. The van der Waals surface area contributed by atoms with Crippen LogP contribution in [0.5, 0.6) is 0 Å². The Kier molecular flexibility index (Phi) is 7.40. The quantitative estimate of drug-likeness (QED) is 0.771. The molecule has 0 amide bonds. The lowest BCUT2D eigenvalue weighted by molar-refractivity contribution is 0.122. The molecule has 1 aliphatic rings. The van der Waals surface area contributed by atoms with Crippen LogP contribution in [-0.4, -0.2) is 31.3 Å². The molecule has 25 heavy (non-hydrogen) atoms. The zero-order chi connectivity index (χ0) is 18.2. The van der Waals surface area contributed by atoms with Crippen LogP contribution >= 0.6 is 11.3 Å². The highest BCUT2D eigenvalue weighted by atomic mass is 32.1. The number of hydrogen-bond acceptors (Lipinski definition) is 5. The van der Waals surface area contributed by atoms with Crippen LogP contribution < -0.4 is 9.80 Å². The molecule has 2 heterocycles. The topological polar surface area (TPSA) is 28.6 Å². The molecule has 0 unspecified atom stereocenters. The number of ether oxygens (including phenoxy) is 1. The van der Waals surface area contributed by atoms with Crippen molar-refractivity contribution in [2.75, 3.05) is 36.1 Å². The Balaban J connectivity index is 0.00000109. The van der Waals surface area contributed by atoms with Crippen molar-refractivity contribution in [1.29, 1.82) is 0 Å². The van der Waals surface area contributed by atoms with E-state index in [0.29, 0.717) is 6.54 Å². The van der Waals surface area contributed by atoms with E-state index < -0.39 is 0 Å². The minimum absolute atomic E-state index is 0.237. The van der Waals surface area contributed by atoms with Gasteiger partial charge in [0.15, 0.2) is 5.13 Å². The lowest BCUT2D eigenvalue weighted by atomic mass is 10.2. The fourth-order valence-electron chi connectivity index (χ4n) is 2.50. The van der Waals surface area contributed by atoms with Gasteiger partial charge in [0.1, 0.15) is 5.82 Å². The highest BCUT2D eigenvalue weighted by molar-refractivity contribution is 7.13. The van der Waals surface area contributed by atoms with Gasteiger partial charge in [-0.2, -0.15) is 0 Å². The normalized spacial score (nSPS) is 13.8. The van der Waals surface area contributed by atoms with Crippen LogP contribution in [0.4, 0.5) is 15.2 Å². The Morgan fingerprint density at radius 1 is 1.28 bits per heavy atom. The maximum atomic E-state index is 13.1. The van der Waals surface area contributed by atoms with E-state index >= 15 is 0 Å². The lowest BCUT2D eigenvalue weighted by Crippen LogP contribution is -2.36. The van der Waals surface area contributed by atoms with Crippen LogP contribution in [0, 0.1) is 5.82 Å². The van der Waals surface area contributed by atoms with E-state index in [1.807, 2.05) is 25.7 Å². The highest BCUT2D eigenvalue weighted by Crippen LogP contribution is 2.25. The second-order valence-electron chi connectivity index (χ2n) is 5.52. The van der Waals surface area contributed by atoms with Gasteiger partial charge in [-0.05, 0) is 31.2 Å². The summed E-state index contributed by atoms with van der Waals surface area (Å²) in [5.74, 6) is -0.237. The second-order valence-corrected chi connectivity index (χ2v) is 6.36. The van der Waals surface area contributed by atoms with Gasteiger partial charge in [-0.25, -0.2) is 9.37 Å². The van der Waals surface area contributed by atoms with E-state index in [1.54, 1.807) is 23.5 Å². The average Bonchev–Trinajstić information content (AvgIpc) is 3.12. The second kappa shape index (κ2) is 9.53. The van der Waals surface area contributed by atoms with Crippen LogP contribution in [0.1, 0.15) is 26.5 Å². The first-order valence-corrected chi connectivity index (χ1v) is 9.47. The van der Waals surface area contributed by atoms with Crippen molar-refractivity contribution < 1.29 is 9.13 Å². The summed E-state index contributed by atoms with van der Waals surface area (Å²) in [5, 5.41) is 3.11. The first-order valence-electron chi connectivity index (χ1n) is 8.59. The third kappa shape index (κ3) is 5.28. The Bertz CT molecular complexity index is 666. The van der Waals surface area contributed by atoms with Gasteiger partial charge >= 0.3 is 0 Å². The van der Waals surface area contributed by atoms with Crippen molar-refractivity contribution in [3.8, 4) is 0 Å². The molecular weight excluding hydrogens is 337 g/mol. The van der Waals surface area contributed by atoms with Crippen molar-refractivity contribution in [1.82, 2.24) is 4.98 Å². The molecule has 6 heteroatoms. The maximum absolute atomic E-state index is 13.1. The van der Waals surface area contributed by atoms with Crippen molar-refractivity contribution in [3.63, 3.8) is 0 Å². The summed E-state index contributed by atoms with van der Waals surface area (Å²) in [6.07, 6.45) is 0. The summed E-state index contributed by atoms with van der Waals surface area (Å²) < 4.78 is 18.5. The van der Waals surface area contributed by atoms with Crippen molar-refractivity contribution >= 4 is 22.2 Å². The Hall–Kier alpha value is -1.92. The molecule has 1 saturated heterocycles.